The number of methoxy groups -OCH3 is 1. The number of carbonyl (C=O) groups excluding carboxylic acids is 2. The summed E-state index contributed by atoms with van der Waals surface area (Å²) in [5.41, 5.74) is 0.622. The van der Waals surface area contributed by atoms with Crippen LogP contribution in [-0.2, 0) is 9.59 Å². The normalized spacial score (nSPS) is 15.4. The molecule has 6 nitrogen and oxygen atoms in total. The lowest BCUT2D eigenvalue weighted by molar-refractivity contribution is -0.122. The molecule has 1 N–H and O–H groups in total. The van der Waals surface area contributed by atoms with Crippen LogP contribution in [0.3, 0.4) is 0 Å². The van der Waals surface area contributed by atoms with Crippen LogP contribution >= 0.6 is 24.0 Å². The summed E-state index contributed by atoms with van der Waals surface area (Å²) in [5, 5.41) is 2.82. The second kappa shape index (κ2) is 8.88. The van der Waals surface area contributed by atoms with E-state index in [1.54, 1.807) is 43.7 Å². The van der Waals surface area contributed by atoms with Crippen LogP contribution in [0.4, 0.5) is 5.69 Å². The summed E-state index contributed by atoms with van der Waals surface area (Å²) in [5.74, 6) is 0.903. The minimum Gasteiger partial charge on any atom is -0.495 e. The van der Waals surface area contributed by atoms with Gasteiger partial charge in [0.25, 0.3) is 5.91 Å². The number of furan rings is 1. The third-order valence-corrected chi connectivity index (χ3v) is 5.23. The van der Waals surface area contributed by atoms with Crippen molar-refractivity contribution in [3.05, 3.63) is 53.3 Å². The van der Waals surface area contributed by atoms with Crippen LogP contribution in [0.2, 0.25) is 0 Å². The molecule has 2 aromatic rings. The van der Waals surface area contributed by atoms with Crippen molar-refractivity contribution in [1.29, 1.82) is 0 Å². The van der Waals surface area contributed by atoms with E-state index >= 15 is 0 Å². The second-order valence-corrected chi connectivity index (χ2v) is 7.38. The van der Waals surface area contributed by atoms with Crippen LogP contribution < -0.4 is 10.1 Å². The third kappa shape index (κ3) is 4.78. The van der Waals surface area contributed by atoms with Crippen molar-refractivity contribution in [2.24, 2.45) is 0 Å². The van der Waals surface area contributed by atoms with Gasteiger partial charge in [-0.3, -0.25) is 14.5 Å². The summed E-state index contributed by atoms with van der Waals surface area (Å²) < 4.78 is 10.9. The molecule has 0 atom stereocenters. The van der Waals surface area contributed by atoms with Crippen molar-refractivity contribution >= 4 is 51.9 Å². The Balaban J connectivity index is 1.52. The van der Waals surface area contributed by atoms with Crippen LogP contribution in [0.25, 0.3) is 6.08 Å². The number of rotatable bonds is 7. The predicted molar refractivity (Wildman–Crippen MR) is 109 cm³/mol. The molecule has 0 spiro atoms. The average molecular weight is 402 g/mol. The molecule has 8 heteroatoms. The number of nitrogens with one attached hydrogen (secondary N) is 1. The van der Waals surface area contributed by atoms with E-state index < -0.39 is 0 Å². The lowest BCUT2D eigenvalue weighted by Crippen LogP contribution is -2.29. The largest absolute Gasteiger partial charge is 0.495 e. The van der Waals surface area contributed by atoms with Crippen LogP contribution in [0.1, 0.15) is 18.6 Å². The number of carbonyl (C=O) groups is 2. The molecule has 0 aliphatic carbocycles. The fourth-order valence-corrected chi connectivity index (χ4v) is 3.84. The van der Waals surface area contributed by atoms with Gasteiger partial charge >= 0.3 is 0 Å². The number of thioether (sulfide) groups is 1. The highest BCUT2D eigenvalue weighted by atomic mass is 32.2. The van der Waals surface area contributed by atoms with E-state index in [2.05, 4.69) is 5.32 Å². The first-order valence-electron chi connectivity index (χ1n) is 8.30. The van der Waals surface area contributed by atoms with E-state index in [0.29, 0.717) is 39.4 Å². The Bertz CT molecular complexity index is 878. The molecular weight excluding hydrogens is 384 g/mol. The first kappa shape index (κ1) is 19.2. The summed E-state index contributed by atoms with van der Waals surface area (Å²) in [6.07, 6.45) is 3.99. The Labute approximate surface area is 166 Å². The minimum absolute atomic E-state index is 0.143. The zero-order valence-electron chi connectivity index (χ0n) is 14.6. The molecule has 1 aromatic heterocycles. The number of anilines is 1. The predicted octanol–water partition coefficient (Wildman–Crippen LogP) is 3.91. The third-order valence-electron chi connectivity index (χ3n) is 3.86. The average Bonchev–Trinajstić information content (AvgIpc) is 3.26. The zero-order valence-corrected chi connectivity index (χ0v) is 16.3. The topological polar surface area (TPSA) is 71.8 Å². The quantitative estimate of drug-likeness (QED) is 0.559. The van der Waals surface area contributed by atoms with Crippen LogP contribution in [0, 0.1) is 0 Å². The van der Waals surface area contributed by atoms with E-state index in [1.165, 1.54) is 16.7 Å². The first-order chi connectivity index (χ1) is 13.1. The number of benzene rings is 1. The fourth-order valence-electron chi connectivity index (χ4n) is 2.55. The molecule has 1 aliphatic rings. The summed E-state index contributed by atoms with van der Waals surface area (Å²) in [6.45, 7) is 0.388. The number of nitrogens with zero attached hydrogens (tertiary/aromatic N) is 1. The van der Waals surface area contributed by atoms with Crippen molar-refractivity contribution in [1.82, 2.24) is 4.90 Å². The molecule has 1 saturated heterocycles. The highest BCUT2D eigenvalue weighted by Crippen LogP contribution is 2.32. The monoisotopic (exact) mass is 402 g/mol. The highest BCUT2D eigenvalue weighted by molar-refractivity contribution is 8.26. The molecule has 0 saturated carbocycles. The van der Waals surface area contributed by atoms with Crippen molar-refractivity contribution in [3.63, 3.8) is 0 Å². The Morgan fingerprint density at radius 1 is 1.33 bits per heavy atom. The van der Waals surface area contributed by atoms with Crippen molar-refractivity contribution in [3.8, 4) is 5.75 Å². The van der Waals surface area contributed by atoms with E-state index in [0.717, 1.165) is 0 Å². The van der Waals surface area contributed by atoms with E-state index in [4.69, 9.17) is 21.4 Å². The molecule has 1 aromatic carbocycles. The van der Waals surface area contributed by atoms with Crippen molar-refractivity contribution < 1.29 is 18.7 Å². The summed E-state index contributed by atoms with van der Waals surface area (Å²) in [6, 6.07) is 10.7. The molecule has 0 bridgehead atoms. The standard InChI is InChI=1S/C19H18N2O4S2/c1-24-15-8-3-2-7-14(15)20-17(22)9-4-10-21-18(23)16(27-19(21)26)12-13-6-5-11-25-13/h2-3,5-8,11-12H,4,9-10H2,1H3,(H,20,22)/b16-12-. The second-order valence-electron chi connectivity index (χ2n) is 5.70. The van der Waals surface area contributed by atoms with Gasteiger partial charge < -0.3 is 14.5 Å². The van der Waals surface area contributed by atoms with E-state index in [-0.39, 0.29) is 18.2 Å². The van der Waals surface area contributed by atoms with Crippen molar-refractivity contribution in [2.75, 3.05) is 19.0 Å². The van der Waals surface area contributed by atoms with Crippen molar-refractivity contribution in [2.45, 2.75) is 12.8 Å². The van der Waals surface area contributed by atoms with Gasteiger partial charge in [0.15, 0.2) is 0 Å². The van der Waals surface area contributed by atoms with Gasteiger partial charge in [0.1, 0.15) is 15.8 Å². The molecule has 27 heavy (non-hydrogen) atoms. The zero-order chi connectivity index (χ0) is 19.2. The van der Waals surface area contributed by atoms with Crippen LogP contribution in [-0.4, -0.2) is 34.7 Å². The molecule has 3 rings (SSSR count). The Morgan fingerprint density at radius 3 is 2.89 bits per heavy atom. The molecule has 0 radical (unpaired) electrons. The van der Waals surface area contributed by atoms with Gasteiger partial charge in [-0.2, -0.15) is 0 Å². The molecular formula is C19H18N2O4S2. The molecule has 1 aliphatic heterocycles. The minimum atomic E-state index is -0.161. The molecule has 1 fully saturated rings. The lowest BCUT2D eigenvalue weighted by Gasteiger charge is -2.14. The Hall–Kier alpha value is -2.58. The van der Waals surface area contributed by atoms with Crippen LogP contribution in [0.15, 0.2) is 52.0 Å². The Kier molecular flexibility index (Phi) is 6.31. The molecule has 2 amide bonds. The lowest BCUT2D eigenvalue weighted by atomic mass is 10.2. The highest BCUT2D eigenvalue weighted by Gasteiger charge is 2.31. The maximum absolute atomic E-state index is 12.5. The number of ether oxygens (including phenoxy) is 1. The van der Waals surface area contributed by atoms with E-state index in [1.807, 2.05) is 12.1 Å². The maximum Gasteiger partial charge on any atom is 0.266 e. The number of amides is 2. The smallest absolute Gasteiger partial charge is 0.266 e. The molecule has 140 valence electrons. The first-order valence-corrected chi connectivity index (χ1v) is 9.52. The molecule has 2 heterocycles. The molecule has 0 unspecified atom stereocenters. The summed E-state index contributed by atoms with van der Waals surface area (Å²) >= 11 is 6.52. The van der Waals surface area contributed by atoms with Crippen LogP contribution in [0.5, 0.6) is 5.75 Å². The summed E-state index contributed by atoms with van der Waals surface area (Å²) in [4.78, 5) is 26.7. The number of thiocarbonyl (C=S) groups is 1. The van der Waals surface area contributed by atoms with Gasteiger partial charge in [0.2, 0.25) is 5.91 Å². The fraction of sp³-hybridized carbons (Fsp3) is 0.211. The summed E-state index contributed by atoms with van der Waals surface area (Å²) in [7, 11) is 1.55. The van der Waals surface area contributed by atoms with Gasteiger partial charge in [-0.25, -0.2) is 0 Å². The van der Waals surface area contributed by atoms with E-state index in [9.17, 15) is 9.59 Å². The van der Waals surface area contributed by atoms with Gasteiger partial charge in [0.05, 0.1) is 24.0 Å². The number of hydrogen-bond acceptors (Lipinski definition) is 6. The number of para-hydroxylation sites is 2. The van der Waals surface area contributed by atoms with Gasteiger partial charge in [-0.05, 0) is 30.7 Å². The number of hydrogen-bond donors (Lipinski definition) is 1. The van der Waals surface area contributed by atoms with Gasteiger partial charge in [-0.15, -0.1) is 0 Å². The maximum atomic E-state index is 12.5. The van der Waals surface area contributed by atoms with Gasteiger partial charge in [0, 0.05) is 19.0 Å². The Morgan fingerprint density at radius 2 is 2.15 bits per heavy atom. The van der Waals surface area contributed by atoms with Gasteiger partial charge in [-0.1, -0.05) is 36.1 Å². The SMILES string of the molecule is COc1ccccc1NC(=O)CCCN1C(=O)/C(=C/c2ccco2)SC1=S.